The highest BCUT2D eigenvalue weighted by Gasteiger charge is 2.50. The number of carboxylic acids is 1. The van der Waals surface area contributed by atoms with Crippen LogP contribution in [0, 0.1) is 5.92 Å². The number of fused-ring (bicyclic) bond motifs is 1. The summed E-state index contributed by atoms with van der Waals surface area (Å²) in [6, 6.07) is -1.02. The van der Waals surface area contributed by atoms with Gasteiger partial charge in [0.1, 0.15) is 6.04 Å². The zero-order valence-corrected chi connectivity index (χ0v) is 11.9. The molecular formula is C12H21NO5S. The number of carbonyl (C=O) groups is 1. The van der Waals surface area contributed by atoms with E-state index in [9.17, 15) is 18.3 Å². The lowest BCUT2D eigenvalue weighted by Gasteiger charge is -2.32. The molecule has 3 atom stereocenters. The Hall–Kier alpha value is -0.660. The minimum absolute atomic E-state index is 0.0998. The number of nitrogens with zero attached hydrogens (tertiary/aromatic N) is 1. The van der Waals surface area contributed by atoms with Crippen LogP contribution in [0.1, 0.15) is 32.1 Å². The maximum absolute atomic E-state index is 12.3. The fraction of sp³-hybridized carbons (Fsp3) is 0.917. The lowest BCUT2D eigenvalue weighted by atomic mass is 9.85. The first-order valence-corrected chi connectivity index (χ1v) is 8.31. The molecule has 2 rings (SSSR count). The van der Waals surface area contributed by atoms with E-state index < -0.39 is 22.0 Å². The third-order valence-corrected chi connectivity index (χ3v) is 6.03. The molecule has 0 aromatic heterocycles. The maximum atomic E-state index is 12.3. The van der Waals surface area contributed by atoms with Gasteiger partial charge in [0.15, 0.2) is 0 Å². The molecule has 0 bridgehead atoms. The molecule has 0 radical (unpaired) electrons. The van der Waals surface area contributed by atoms with Gasteiger partial charge in [-0.25, -0.2) is 8.42 Å². The molecule has 0 aromatic rings. The summed E-state index contributed by atoms with van der Waals surface area (Å²) in [5, 5.41) is 9.28. The Morgan fingerprint density at radius 2 is 2.05 bits per heavy atom. The Morgan fingerprint density at radius 1 is 1.37 bits per heavy atom. The van der Waals surface area contributed by atoms with Gasteiger partial charge in [0.2, 0.25) is 10.0 Å². The van der Waals surface area contributed by atoms with Crippen LogP contribution in [-0.4, -0.2) is 55.4 Å². The number of carboxylic acid groups (broad SMARTS) is 1. The van der Waals surface area contributed by atoms with E-state index in [1.807, 2.05) is 0 Å². The normalized spacial score (nSPS) is 32.2. The van der Waals surface area contributed by atoms with E-state index in [4.69, 9.17) is 4.74 Å². The van der Waals surface area contributed by atoms with Gasteiger partial charge in [-0.05, 0) is 25.2 Å². The summed E-state index contributed by atoms with van der Waals surface area (Å²) in [6.45, 7) is 0.0998. The first-order valence-electron chi connectivity index (χ1n) is 6.70. The maximum Gasteiger partial charge on any atom is 0.322 e. The summed E-state index contributed by atoms with van der Waals surface area (Å²) in [4.78, 5) is 11.3. The molecule has 1 aliphatic carbocycles. The van der Waals surface area contributed by atoms with E-state index in [2.05, 4.69) is 0 Å². The SMILES string of the molecule is COCCS(=O)(=O)N1C(C(=O)O)CC2CCCCC21. The van der Waals surface area contributed by atoms with Crippen LogP contribution in [0.4, 0.5) is 0 Å². The molecule has 1 saturated carbocycles. The molecule has 0 spiro atoms. The summed E-state index contributed by atoms with van der Waals surface area (Å²) in [5.74, 6) is -0.973. The molecule has 0 amide bonds. The summed E-state index contributed by atoms with van der Waals surface area (Å²) in [6.07, 6.45) is 4.21. The van der Waals surface area contributed by atoms with Gasteiger partial charge in [0, 0.05) is 13.2 Å². The van der Waals surface area contributed by atoms with E-state index >= 15 is 0 Å². The van der Waals surface area contributed by atoms with Crippen molar-refractivity contribution < 1.29 is 23.1 Å². The minimum atomic E-state index is -3.56. The first-order chi connectivity index (χ1) is 8.97. The van der Waals surface area contributed by atoms with Crippen molar-refractivity contribution in [1.82, 2.24) is 4.31 Å². The molecule has 1 N–H and O–H groups in total. The molecule has 110 valence electrons. The predicted molar refractivity (Wildman–Crippen MR) is 69.3 cm³/mol. The second-order valence-electron chi connectivity index (χ2n) is 5.34. The van der Waals surface area contributed by atoms with Crippen LogP contribution in [0.2, 0.25) is 0 Å². The van der Waals surface area contributed by atoms with E-state index in [1.165, 1.54) is 11.4 Å². The molecule has 1 aliphatic heterocycles. The number of sulfonamides is 1. The van der Waals surface area contributed by atoms with Crippen LogP contribution < -0.4 is 0 Å². The van der Waals surface area contributed by atoms with Gasteiger partial charge in [-0.1, -0.05) is 12.8 Å². The third-order valence-electron chi connectivity index (χ3n) is 4.18. The Balaban J connectivity index is 2.24. The number of methoxy groups -OCH3 is 1. The number of aliphatic carboxylic acids is 1. The zero-order chi connectivity index (χ0) is 14.0. The van der Waals surface area contributed by atoms with Gasteiger partial charge in [0.05, 0.1) is 12.4 Å². The van der Waals surface area contributed by atoms with E-state index in [0.29, 0.717) is 6.42 Å². The van der Waals surface area contributed by atoms with Crippen LogP contribution in [0.3, 0.4) is 0 Å². The summed E-state index contributed by atoms with van der Waals surface area (Å²) in [5.41, 5.74) is 0. The van der Waals surface area contributed by atoms with Crippen LogP contribution in [-0.2, 0) is 19.6 Å². The monoisotopic (exact) mass is 291 g/mol. The number of ether oxygens (including phenoxy) is 1. The molecule has 2 fully saturated rings. The van der Waals surface area contributed by atoms with Gasteiger partial charge in [-0.2, -0.15) is 4.31 Å². The summed E-state index contributed by atoms with van der Waals surface area (Å²) >= 11 is 0. The Labute approximate surface area is 113 Å². The van der Waals surface area contributed by atoms with Gasteiger partial charge < -0.3 is 9.84 Å². The number of rotatable bonds is 5. The molecule has 3 unspecified atom stereocenters. The zero-order valence-electron chi connectivity index (χ0n) is 11.1. The van der Waals surface area contributed by atoms with Crippen LogP contribution in [0.15, 0.2) is 0 Å². The summed E-state index contributed by atoms with van der Waals surface area (Å²) in [7, 11) is -2.12. The molecule has 1 saturated heterocycles. The average molecular weight is 291 g/mol. The summed E-state index contributed by atoms with van der Waals surface area (Å²) < 4.78 is 30.8. The Morgan fingerprint density at radius 3 is 2.68 bits per heavy atom. The largest absolute Gasteiger partial charge is 0.480 e. The van der Waals surface area contributed by atoms with Crippen molar-refractivity contribution in [3.05, 3.63) is 0 Å². The van der Waals surface area contributed by atoms with Crippen molar-refractivity contribution >= 4 is 16.0 Å². The highest BCUT2D eigenvalue weighted by Crippen LogP contribution is 2.41. The third kappa shape index (κ3) is 2.93. The van der Waals surface area contributed by atoms with E-state index in [-0.39, 0.29) is 24.3 Å². The predicted octanol–water partition coefficient (Wildman–Crippen LogP) is 0.680. The Kier molecular flexibility index (Phi) is 4.47. The average Bonchev–Trinajstić information content (AvgIpc) is 2.76. The molecule has 1 heterocycles. The van der Waals surface area contributed by atoms with Crippen molar-refractivity contribution in [2.45, 2.75) is 44.2 Å². The fourth-order valence-electron chi connectivity index (χ4n) is 3.32. The standard InChI is InChI=1S/C12H21NO5S/c1-18-6-7-19(16,17)13-10-5-3-2-4-9(10)8-11(13)12(14)15/h9-11H,2-8H2,1H3,(H,14,15). The molecule has 7 heteroatoms. The van der Waals surface area contributed by atoms with Crippen molar-refractivity contribution in [3.8, 4) is 0 Å². The lowest BCUT2D eigenvalue weighted by Crippen LogP contribution is -2.47. The minimum Gasteiger partial charge on any atom is -0.480 e. The smallest absolute Gasteiger partial charge is 0.322 e. The topological polar surface area (TPSA) is 83.9 Å². The molecule has 6 nitrogen and oxygen atoms in total. The van der Waals surface area contributed by atoms with Gasteiger partial charge in [0.25, 0.3) is 0 Å². The van der Waals surface area contributed by atoms with Crippen molar-refractivity contribution in [1.29, 1.82) is 0 Å². The van der Waals surface area contributed by atoms with Gasteiger partial charge in [-0.3, -0.25) is 4.79 Å². The number of hydrogen-bond acceptors (Lipinski definition) is 4. The molecule has 19 heavy (non-hydrogen) atoms. The van der Waals surface area contributed by atoms with Gasteiger partial charge >= 0.3 is 5.97 Å². The first kappa shape index (κ1) is 14.7. The fourth-order valence-corrected chi connectivity index (χ4v) is 5.17. The molecular weight excluding hydrogens is 270 g/mol. The quantitative estimate of drug-likeness (QED) is 0.805. The van der Waals surface area contributed by atoms with Crippen molar-refractivity contribution in [3.63, 3.8) is 0 Å². The Bertz CT molecular complexity index is 435. The highest BCUT2D eigenvalue weighted by molar-refractivity contribution is 7.89. The van der Waals surface area contributed by atoms with Crippen LogP contribution in [0.25, 0.3) is 0 Å². The molecule has 0 aromatic carbocycles. The highest BCUT2D eigenvalue weighted by atomic mass is 32.2. The second-order valence-corrected chi connectivity index (χ2v) is 7.33. The number of hydrogen-bond donors (Lipinski definition) is 1. The van der Waals surface area contributed by atoms with E-state index in [1.54, 1.807) is 0 Å². The van der Waals surface area contributed by atoms with Crippen molar-refractivity contribution in [2.24, 2.45) is 5.92 Å². The molecule has 2 aliphatic rings. The second kappa shape index (κ2) is 5.76. The van der Waals surface area contributed by atoms with Gasteiger partial charge in [-0.15, -0.1) is 0 Å². The van der Waals surface area contributed by atoms with Crippen LogP contribution in [0.5, 0.6) is 0 Å². The van der Waals surface area contributed by atoms with Crippen molar-refractivity contribution in [2.75, 3.05) is 19.5 Å². The van der Waals surface area contributed by atoms with Crippen LogP contribution >= 0.6 is 0 Å². The lowest BCUT2D eigenvalue weighted by molar-refractivity contribution is -0.141. The van der Waals surface area contributed by atoms with E-state index in [0.717, 1.165) is 25.7 Å².